The smallest absolute Gasteiger partial charge is 0.335 e. The van der Waals surface area contributed by atoms with Crippen molar-refractivity contribution in [3.05, 3.63) is 64.7 Å². The van der Waals surface area contributed by atoms with E-state index in [0.717, 1.165) is 10.5 Å². The van der Waals surface area contributed by atoms with Gasteiger partial charge in [0.2, 0.25) is 0 Å². The molecule has 2 N–H and O–H groups in total. The highest BCUT2D eigenvalue weighted by Gasteiger charge is 2.36. The van der Waals surface area contributed by atoms with E-state index in [1.165, 1.54) is 19.3 Å². The summed E-state index contributed by atoms with van der Waals surface area (Å²) < 4.78 is 5.17. The summed E-state index contributed by atoms with van der Waals surface area (Å²) in [6.45, 7) is 3.68. The number of hydrogen-bond donors (Lipinski definition) is 2. The molecule has 1 heterocycles. The number of imide groups is 2. The number of nitrogens with one attached hydrogen (secondary N) is 1. The molecule has 1 saturated heterocycles. The van der Waals surface area contributed by atoms with E-state index in [9.17, 15) is 19.5 Å². The van der Waals surface area contributed by atoms with Crippen LogP contribution in [0, 0.1) is 6.92 Å². The van der Waals surface area contributed by atoms with Crippen LogP contribution in [0.4, 0.5) is 10.5 Å². The minimum atomic E-state index is -0.807. The highest BCUT2D eigenvalue weighted by molar-refractivity contribution is 6.39. The van der Waals surface area contributed by atoms with Gasteiger partial charge in [0, 0.05) is 5.56 Å². The van der Waals surface area contributed by atoms with Crippen LogP contribution in [0.1, 0.15) is 23.6 Å². The molecule has 1 fully saturated rings. The van der Waals surface area contributed by atoms with Gasteiger partial charge >= 0.3 is 6.03 Å². The van der Waals surface area contributed by atoms with Crippen LogP contribution in [-0.2, 0) is 9.59 Å². The first kappa shape index (κ1) is 19.9. The van der Waals surface area contributed by atoms with Crippen LogP contribution in [0.3, 0.4) is 0 Å². The number of phenols is 1. The van der Waals surface area contributed by atoms with Crippen molar-refractivity contribution < 1.29 is 24.2 Å². The molecule has 3 rings (SSSR count). The lowest BCUT2D eigenvalue weighted by atomic mass is 10.0. The Balaban J connectivity index is 2.07. The molecule has 148 valence electrons. The molecule has 29 heavy (non-hydrogen) atoms. The second kappa shape index (κ2) is 8.02. The zero-order valence-corrected chi connectivity index (χ0v) is 16.2. The molecule has 0 unspecified atom stereocenters. The number of aromatic hydroxyl groups is 1. The number of amides is 4. The number of methoxy groups -OCH3 is 1. The van der Waals surface area contributed by atoms with Crippen molar-refractivity contribution in [3.63, 3.8) is 0 Å². The maximum atomic E-state index is 12.9. The second-order valence-electron chi connectivity index (χ2n) is 6.45. The topological polar surface area (TPSA) is 95.9 Å². The Kier molecular flexibility index (Phi) is 5.50. The van der Waals surface area contributed by atoms with Crippen LogP contribution in [-0.4, -0.2) is 30.1 Å². The third-order valence-electron chi connectivity index (χ3n) is 4.40. The number of carbonyl (C=O) groups is 3. The lowest BCUT2D eigenvalue weighted by Gasteiger charge is -2.26. The van der Waals surface area contributed by atoms with E-state index in [1.807, 2.05) is 6.92 Å². The van der Waals surface area contributed by atoms with Crippen molar-refractivity contribution >= 4 is 35.7 Å². The van der Waals surface area contributed by atoms with Gasteiger partial charge in [-0.2, -0.15) is 0 Å². The number of benzene rings is 2. The van der Waals surface area contributed by atoms with Crippen LogP contribution in [0.25, 0.3) is 12.2 Å². The summed E-state index contributed by atoms with van der Waals surface area (Å²) in [6.07, 6.45) is 4.77. The summed E-state index contributed by atoms with van der Waals surface area (Å²) >= 11 is 0. The number of aryl methyl sites for hydroxylation is 1. The zero-order chi connectivity index (χ0) is 21.1. The van der Waals surface area contributed by atoms with Gasteiger partial charge in [0.15, 0.2) is 11.5 Å². The Morgan fingerprint density at radius 1 is 1.10 bits per heavy atom. The first-order valence-electron chi connectivity index (χ1n) is 8.87. The Hall–Kier alpha value is -3.87. The maximum absolute atomic E-state index is 12.9. The van der Waals surface area contributed by atoms with Gasteiger partial charge in [-0.15, -0.1) is 0 Å². The van der Waals surface area contributed by atoms with E-state index in [1.54, 1.807) is 49.4 Å². The van der Waals surface area contributed by atoms with Crippen LogP contribution in [0.15, 0.2) is 48.0 Å². The molecule has 0 aliphatic carbocycles. The van der Waals surface area contributed by atoms with Crippen molar-refractivity contribution in [3.8, 4) is 11.5 Å². The molecule has 0 atom stereocenters. The first-order valence-corrected chi connectivity index (χ1v) is 8.87. The molecule has 7 nitrogen and oxygen atoms in total. The van der Waals surface area contributed by atoms with Crippen molar-refractivity contribution in [2.75, 3.05) is 12.0 Å². The number of barbiturate groups is 1. The number of ether oxygens (including phenoxy) is 1. The standard InChI is InChI=1S/C22H20N2O5/c1-4-5-15-10-14(12-18(29-3)19(15)25)11-17-20(26)23-22(28)24(21(17)27)16-8-6-13(2)7-9-16/h4-12,25H,1-3H3,(H,23,26,28)/b5-4+,17-11+. The van der Waals surface area contributed by atoms with Gasteiger partial charge in [0.05, 0.1) is 12.8 Å². The first-order chi connectivity index (χ1) is 13.8. The van der Waals surface area contributed by atoms with E-state index in [-0.39, 0.29) is 17.1 Å². The Morgan fingerprint density at radius 2 is 1.79 bits per heavy atom. The minimum Gasteiger partial charge on any atom is -0.504 e. The number of hydrogen-bond acceptors (Lipinski definition) is 5. The van der Waals surface area contributed by atoms with Crippen LogP contribution >= 0.6 is 0 Å². The highest BCUT2D eigenvalue weighted by Crippen LogP contribution is 2.33. The lowest BCUT2D eigenvalue weighted by molar-refractivity contribution is -0.122. The summed E-state index contributed by atoms with van der Waals surface area (Å²) in [5.41, 5.74) is 2.05. The van der Waals surface area contributed by atoms with Gasteiger partial charge in [0.1, 0.15) is 5.57 Å². The number of anilines is 1. The summed E-state index contributed by atoms with van der Waals surface area (Å²) in [4.78, 5) is 38.5. The highest BCUT2D eigenvalue weighted by atomic mass is 16.5. The van der Waals surface area contributed by atoms with Crippen molar-refractivity contribution in [1.82, 2.24) is 5.32 Å². The van der Waals surface area contributed by atoms with Gasteiger partial charge < -0.3 is 9.84 Å². The van der Waals surface area contributed by atoms with E-state index < -0.39 is 17.8 Å². The predicted molar refractivity (Wildman–Crippen MR) is 110 cm³/mol. The molecule has 7 heteroatoms. The van der Waals surface area contributed by atoms with Crippen molar-refractivity contribution in [1.29, 1.82) is 0 Å². The molecule has 0 radical (unpaired) electrons. The van der Waals surface area contributed by atoms with E-state index in [2.05, 4.69) is 5.32 Å². The monoisotopic (exact) mass is 392 g/mol. The lowest BCUT2D eigenvalue weighted by Crippen LogP contribution is -2.54. The SMILES string of the molecule is C/C=C/c1cc(/C=C2\C(=O)NC(=O)N(c3ccc(C)cc3)C2=O)cc(OC)c1O. The molecule has 0 spiro atoms. The molecule has 1 aliphatic heterocycles. The Labute approximate surface area is 167 Å². The number of rotatable bonds is 4. The molecule has 2 aromatic rings. The fourth-order valence-electron chi connectivity index (χ4n) is 2.95. The van der Waals surface area contributed by atoms with E-state index >= 15 is 0 Å². The van der Waals surface area contributed by atoms with Gasteiger partial charge in [0.25, 0.3) is 11.8 Å². The molecular weight excluding hydrogens is 372 g/mol. The third-order valence-corrected chi connectivity index (χ3v) is 4.40. The molecule has 2 aromatic carbocycles. The summed E-state index contributed by atoms with van der Waals surface area (Å²) in [5, 5.41) is 12.4. The molecule has 0 aromatic heterocycles. The van der Waals surface area contributed by atoms with Gasteiger partial charge in [-0.25, -0.2) is 9.69 Å². The van der Waals surface area contributed by atoms with Crippen LogP contribution in [0.5, 0.6) is 11.5 Å². The normalized spacial score (nSPS) is 15.9. The summed E-state index contributed by atoms with van der Waals surface area (Å²) in [7, 11) is 1.40. The zero-order valence-electron chi connectivity index (χ0n) is 16.2. The van der Waals surface area contributed by atoms with Crippen molar-refractivity contribution in [2.45, 2.75) is 13.8 Å². The summed E-state index contributed by atoms with van der Waals surface area (Å²) in [5.74, 6) is -1.38. The largest absolute Gasteiger partial charge is 0.504 e. The molecule has 1 aliphatic rings. The van der Waals surface area contributed by atoms with E-state index in [4.69, 9.17) is 4.74 Å². The van der Waals surface area contributed by atoms with Crippen LogP contribution in [0.2, 0.25) is 0 Å². The molecule has 0 saturated carbocycles. The fraction of sp³-hybridized carbons (Fsp3) is 0.136. The van der Waals surface area contributed by atoms with Crippen molar-refractivity contribution in [2.24, 2.45) is 0 Å². The molecular formula is C22H20N2O5. The Bertz CT molecular complexity index is 1050. The average Bonchev–Trinajstić information content (AvgIpc) is 2.68. The average molecular weight is 392 g/mol. The summed E-state index contributed by atoms with van der Waals surface area (Å²) in [6, 6.07) is 9.11. The third kappa shape index (κ3) is 3.89. The fourth-order valence-corrected chi connectivity index (χ4v) is 2.95. The second-order valence-corrected chi connectivity index (χ2v) is 6.45. The minimum absolute atomic E-state index is 0.0522. The number of urea groups is 1. The number of carbonyl (C=O) groups excluding carboxylic acids is 3. The van der Waals surface area contributed by atoms with Gasteiger partial charge in [-0.1, -0.05) is 29.8 Å². The Morgan fingerprint density at radius 3 is 2.41 bits per heavy atom. The maximum Gasteiger partial charge on any atom is 0.335 e. The number of allylic oxidation sites excluding steroid dienone is 1. The van der Waals surface area contributed by atoms with Crippen LogP contribution < -0.4 is 15.0 Å². The molecule has 0 bridgehead atoms. The van der Waals surface area contributed by atoms with E-state index in [0.29, 0.717) is 16.8 Å². The van der Waals surface area contributed by atoms with Gasteiger partial charge in [-0.3, -0.25) is 14.9 Å². The number of phenolic OH excluding ortho intramolecular Hbond substituents is 1. The van der Waals surface area contributed by atoms with Gasteiger partial charge in [-0.05, 0) is 49.8 Å². The number of nitrogens with zero attached hydrogens (tertiary/aromatic N) is 1. The predicted octanol–water partition coefficient (Wildman–Crippen LogP) is 3.41. The molecule has 4 amide bonds. The quantitative estimate of drug-likeness (QED) is 0.614.